The van der Waals surface area contributed by atoms with Gasteiger partial charge in [0.1, 0.15) is 0 Å². The topological polar surface area (TPSA) is 38.5 Å². The lowest BCUT2D eigenvalue weighted by Crippen LogP contribution is -2.73. The number of hydrogen-bond donors (Lipinski definition) is 1. The summed E-state index contributed by atoms with van der Waals surface area (Å²) in [5.41, 5.74) is 6.51. The molecule has 0 heterocycles. The molecule has 0 spiro atoms. The van der Waals surface area contributed by atoms with Crippen molar-refractivity contribution in [1.29, 1.82) is 0 Å². The molecule has 3 nitrogen and oxygen atoms in total. The number of rotatable bonds is 8. The number of likely N-dealkylation sites (N-methyl/N-ethyl adjacent to an activating group) is 1. The summed E-state index contributed by atoms with van der Waals surface area (Å²) in [6.07, 6.45) is 5.50. The van der Waals surface area contributed by atoms with Crippen molar-refractivity contribution >= 4 is 0 Å². The van der Waals surface area contributed by atoms with Gasteiger partial charge in [0.25, 0.3) is 0 Å². The molecule has 1 fully saturated rings. The van der Waals surface area contributed by atoms with Crippen LogP contribution in [0.25, 0.3) is 0 Å². The maximum Gasteiger partial charge on any atom is 0.0662 e. The first kappa shape index (κ1) is 15.7. The Bertz CT molecular complexity index is 278. The second kappa shape index (κ2) is 6.18. The molecule has 3 heteroatoms. The molecular formula is C15H30N2O. The lowest BCUT2D eigenvalue weighted by atomic mass is 9.54. The number of allylic oxidation sites excluding steroid dienone is 1. The maximum absolute atomic E-state index is 6.56. The first-order valence-electron chi connectivity index (χ1n) is 7.07. The average molecular weight is 254 g/mol. The fourth-order valence-electron chi connectivity index (χ4n) is 2.84. The van der Waals surface area contributed by atoms with Crippen molar-refractivity contribution in [3.05, 3.63) is 12.7 Å². The van der Waals surface area contributed by atoms with Crippen LogP contribution < -0.4 is 5.73 Å². The summed E-state index contributed by atoms with van der Waals surface area (Å²) in [5.74, 6) is 0. The van der Waals surface area contributed by atoms with Gasteiger partial charge < -0.3 is 15.4 Å². The van der Waals surface area contributed by atoms with Crippen LogP contribution in [0.1, 0.15) is 40.0 Å². The fourth-order valence-corrected chi connectivity index (χ4v) is 2.84. The zero-order valence-electron chi connectivity index (χ0n) is 12.5. The highest BCUT2D eigenvalue weighted by atomic mass is 16.5. The Balaban J connectivity index is 2.44. The molecule has 1 aliphatic carbocycles. The third-order valence-corrected chi connectivity index (χ3v) is 4.51. The van der Waals surface area contributed by atoms with Crippen molar-refractivity contribution in [1.82, 2.24) is 4.90 Å². The number of hydrogen-bond acceptors (Lipinski definition) is 3. The number of nitrogens with zero attached hydrogens (tertiary/aromatic N) is 1. The van der Waals surface area contributed by atoms with E-state index >= 15 is 0 Å². The molecule has 2 unspecified atom stereocenters. The predicted molar refractivity (Wildman–Crippen MR) is 77.7 cm³/mol. The Morgan fingerprint density at radius 2 is 2.17 bits per heavy atom. The van der Waals surface area contributed by atoms with Gasteiger partial charge in [0.15, 0.2) is 0 Å². The van der Waals surface area contributed by atoms with E-state index < -0.39 is 0 Å². The minimum atomic E-state index is -0.115. The molecule has 0 aromatic heterocycles. The lowest BCUT2D eigenvalue weighted by Gasteiger charge is -2.60. The molecule has 0 aromatic carbocycles. The molecule has 0 aliphatic heterocycles. The van der Waals surface area contributed by atoms with E-state index in [-0.39, 0.29) is 11.0 Å². The Hall–Kier alpha value is -0.380. The maximum atomic E-state index is 6.56. The van der Waals surface area contributed by atoms with Crippen molar-refractivity contribution in [3.63, 3.8) is 0 Å². The third kappa shape index (κ3) is 3.14. The van der Waals surface area contributed by atoms with Crippen LogP contribution in [0.2, 0.25) is 0 Å². The zero-order valence-corrected chi connectivity index (χ0v) is 12.5. The molecule has 18 heavy (non-hydrogen) atoms. The van der Waals surface area contributed by atoms with Gasteiger partial charge in [-0.25, -0.2) is 0 Å². The minimum Gasteiger partial charge on any atom is -0.378 e. The fraction of sp³-hybridized carbons (Fsp3) is 0.867. The van der Waals surface area contributed by atoms with Crippen LogP contribution in [0.3, 0.4) is 0 Å². The molecule has 1 aliphatic rings. The Morgan fingerprint density at radius 1 is 1.50 bits per heavy atom. The lowest BCUT2D eigenvalue weighted by molar-refractivity contribution is -0.155. The molecule has 0 bridgehead atoms. The van der Waals surface area contributed by atoms with Gasteiger partial charge in [-0.2, -0.15) is 0 Å². The van der Waals surface area contributed by atoms with E-state index in [1.165, 1.54) is 0 Å². The van der Waals surface area contributed by atoms with E-state index in [2.05, 4.69) is 32.4 Å². The van der Waals surface area contributed by atoms with Crippen LogP contribution in [-0.2, 0) is 4.74 Å². The van der Waals surface area contributed by atoms with Crippen LogP contribution in [-0.4, -0.2) is 43.3 Å². The second-order valence-electron chi connectivity index (χ2n) is 6.19. The Labute approximate surface area is 112 Å². The van der Waals surface area contributed by atoms with Crippen LogP contribution in [0, 0.1) is 5.41 Å². The summed E-state index contributed by atoms with van der Waals surface area (Å²) >= 11 is 0. The molecular weight excluding hydrogens is 224 g/mol. The van der Waals surface area contributed by atoms with Gasteiger partial charge in [-0.3, -0.25) is 0 Å². The molecule has 1 saturated carbocycles. The van der Waals surface area contributed by atoms with Crippen molar-refractivity contribution in [2.45, 2.75) is 51.7 Å². The standard InChI is InChI=1S/C15H30N2O/c1-6-8-9-10-17(5)12-15(16)11-13(18-7-2)14(15,3)4/h6,13H,1,7-12,16H2,2-5H3. The van der Waals surface area contributed by atoms with E-state index in [0.29, 0.717) is 6.10 Å². The first-order valence-corrected chi connectivity index (χ1v) is 7.07. The molecule has 0 aromatic rings. The van der Waals surface area contributed by atoms with Gasteiger partial charge in [-0.15, -0.1) is 6.58 Å². The highest BCUT2D eigenvalue weighted by Crippen LogP contribution is 2.49. The quantitative estimate of drug-likeness (QED) is 0.534. The summed E-state index contributed by atoms with van der Waals surface area (Å²) in [4.78, 5) is 2.34. The van der Waals surface area contributed by atoms with Gasteiger partial charge in [-0.05, 0) is 39.8 Å². The molecule has 1 rings (SSSR count). The number of nitrogens with two attached hydrogens (primary N) is 1. The smallest absolute Gasteiger partial charge is 0.0662 e. The van der Waals surface area contributed by atoms with Crippen molar-refractivity contribution in [3.8, 4) is 0 Å². The molecule has 106 valence electrons. The summed E-state index contributed by atoms with van der Waals surface area (Å²) in [7, 11) is 2.15. The highest BCUT2D eigenvalue weighted by molar-refractivity contribution is 5.14. The molecule has 0 radical (unpaired) electrons. The van der Waals surface area contributed by atoms with Crippen molar-refractivity contribution in [2.75, 3.05) is 26.7 Å². The van der Waals surface area contributed by atoms with Crippen LogP contribution in [0.5, 0.6) is 0 Å². The Morgan fingerprint density at radius 3 is 2.67 bits per heavy atom. The summed E-state index contributed by atoms with van der Waals surface area (Å²) in [6.45, 7) is 13.1. The molecule has 0 saturated heterocycles. The van der Waals surface area contributed by atoms with E-state index in [1.807, 2.05) is 13.0 Å². The number of ether oxygens (including phenoxy) is 1. The van der Waals surface area contributed by atoms with E-state index in [4.69, 9.17) is 10.5 Å². The van der Waals surface area contributed by atoms with E-state index in [0.717, 1.165) is 39.0 Å². The second-order valence-corrected chi connectivity index (χ2v) is 6.19. The zero-order chi connectivity index (χ0) is 13.8. The molecule has 2 atom stereocenters. The van der Waals surface area contributed by atoms with Crippen LogP contribution >= 0.6 is 0 Å². The van der Waals surface area contributed by atoms with Crippen molar-refractivity contribution in [2.24, 2.45) is 11.1 Å². The third-order valence-electron chi connectivity index (χ3n) is 4.51. The largest absolute Gasteiger partial charge is 0.378 e. The van der Waals surface area contributed by atoms with Gasteiger partial charge >= 0.3 is 0 Å². The molecule has 0 amide bonds. The highest BCUT2D eigenvalue weighted by Gasteiger charge is 2.58. The minimum absolute atomic E-state index is 0.0652. The average Bonchev–Trinajstić information content (AvgIpc) is 2.29. The molecule has 2 N–H and O–H groups in total. The Kier molecular flexibility index (Phi) is 5.38. The summed E-state index contributed by atoms with van der Waals surface area (Å²) in [5, 5.41) is 0. The van der Waals surface area contributed by atoms with Gasteiger partial charge in [0, 0.05) is 24.1 Å². The SMILES string of the molecule is C=CCCCN(C)CC1(N)CC(OCC)C1(C)C. The predicted octanol–water partition coefficient (Wildman–Crippen LogP) is 2.42. The van der Waals surface area contributed by atoms with Crippen molar-refractivity contribution < 1.29 is 4.74 Å². The van der Waals surface area contributed by atoms with Gasteiger partial charge in [-0.1, -0.05) is 19.9 Å². The van der Waals surface area contributed by atoms with E-state index in [9.17, 15) is 0 Å². The van der Waals surface area contributed by atoms with E-state index in [1.54, 1.807) is 0 Å². The summed E-state index contributed by atoms with van der Waals surface area (Å²) < 4.78 is 5.76. The van der Waals surface area contributed by atoms with Gasteiger partial charge in [0.2, 0.25) is 0 Å². The van der Waals surface area contributed by atoms with Crippen LogP contribution in [0.4, 0.5) is 0 Å². The first-order chi connectivity index (χ1) is 8.37. The monoisotopic (exact) mass is 254 g/mol. The van der Waals surface area contributed by atoms with Gasteiger partial charge in [0.05, 0.1) is 6.10 Å². The number of unbranched alkanes of at least 4 members (excludes halogenated alkanes) is 1. The normalized spacial score (nSPS) is 30.2. The van der Waals surface area contributed by atoms with Crippen LogP contribution in [0.15, 0.2) is 12.7 Å². The summed E-state index contributed by atoms with van der Waals surface area (Å²) in [6, 6.07) is 0.